The van der Waals surface area contributed by atoms with Gasteiger partial charge < -0.3 is 10.1 Å². The number of halogens is 1. The fourth-order valence-corrected chi connectivity index (χ4v) is 3.30. The molecule has 1 amide bonds. The van der Waals surface area contributed by atoms with E-state index >= 15 is 0 Å². The zero-order valence-corrected chi connectivity index (χ0v) is 18.5. The third-order valence-electron chi connectivity index (χ3n) is 4.96. The highest BCUT2D eigenvalue weighted by Crippen LogP contribution is 2.18. The Morgan fingerprint density at radius 1 is 0.879 bits per heavy atom. The molecule has 0 unspecified atom stereocenters. The molecule has 4 aromatic rings. The number of aromatic nitrogens is 2. The Bertz CT molecular complexity index is 1270. The summed E-state index contributed by atoms with van der Waals surface area (Å²) in [5.41, 5.74) is 3.07. The van der Waals surface area contributed by atoms with Crippen LogP contribution >= 0.6 is 11.6 Å². The number of benzene rings is 3. The Labute approximate surface area is 196 Å². The highest BCUT2D eigenvalue weighted by Gasteiger charge is 2.08. The number of nitrogens with zero attached hydrogens (tertiary/aromatic N) is 2. The van der Waals surface area contributed by atoms with E-state index in [9.17, 15) is 9.59 Å². The Hall–Kier alpha value is -3.90. The van der Waals surface area contributed by atoms with Crippen molar-refractivity contribution in [2.75, 3.05) is 0 Å². The molecule has 0 bridgehead atoms. The minimum Gasteiger partial charge on any atom is -0.489 e. The standard InChI is InChI=1S/C26H22ClN3O3/c27-22-10-8-21(9-11-22)24-14-15-26(32)30(29-24)17-25(31)28-16-19-6-12-23(13-7-19)33-18-20-4-2-1-3-5-20/h1-15H,16-18H2,(H,28,31). The van der Waals surface area contributed by atoms with Crippen molar-refractivity contribution in [3.05, 3.63) is 117 Å². The first kappa shape index (κ1) is 22.3. The molecule has 0 spiro atoms. The molecule has 1 aromatic heterocycles. The highest BCUT2D eigenvalue weighted by atomic mass is 35.5. The van der Waals surface area contributed by atoms with Crippen molar-refractivity contribution in [2.24, 2.45) is 0 Å². The van der Waals surface area contributed by atoms with Crippen LogP contribution < -0.4 is 15.6 Å². The van der Waals surface area contributed by atoms with Crippen LogP contribution in [-0.4, -0.2) is 15.7 Å². The molecule has 6 nitrogen and oxygen atoms in total. The van der Waals surface area contributed by atoms with Crippen molar-refractivity contribution in [2.45, 2.75) is 19.7 Å². The van der Waals surface area contributed by atoms with E-state index in [0.29, 0.717) is 23.9 Å². The molecule has 1 N–H and O–H groups in total. The fraction of sp³-hybridized carbons (Fsp3) is 0.115. The molecule has 3 aromatic carbocycles. The quantitative estimate of drug-likeness (QED) is 0.422. The summed E-state index contributed by atoms with van der Waals surface area (Å²) in [4.78, 5) is 24.6. The Balaban J connectivity index is 1.31. The molecule has 1 heterocycles. The lowest BCUT2D eigenvalue weighted by Crippen LogP contribution is -2.33. The molecule has 4 rings (SSSR count). The van der Waals surface area contributed by atoms with E-state index in [4.69, 9.17) is 16.3 Å². The summed E-state index contributed by atoms with van der Waals surface area (Å²) >= 11 is 5.92. The van der Waals surface area contributed by atoms with Gasteiger partial charge in [-0.15, -0.1) is 0 Å². The first-order valence-electron chi connectivity index (χ1n) is 10.4. The van der Waals surface area contributed by atoms with Crippen molar-refractivity contribution >= 4 is 17.5 Å². The number of rotatable bonds is 8. The van der Waals surface area contributed by atoms with E-state index < -0.39 is 0 Å². The Kier molecular flexibility index (Phi) is 7.17. The van der Waals surface area contributed by atoms with Crippen molar-refractivity contribution in [3.8, 4) is 17.0 Å². The number of carbonyl (C=O) groups excluding carboxylic acids is 1. The second-order valence-electron chi connectivity index (χ2n) is 7.42. The van der Waals surface area contributed by atoms with E-state index in [1.807, 2.05) is 66.7 Å². The molecule has 33 heavy (non-hydrogen) atoms. The van der Waals surface area contributed by atoms with Crippen LogP contribution in [-0.2, 0) is 24.5 Å². The van der Waals surface area contributed by atoms with Gasteiger partial charge in [-0.05, 0) is 41.5 Å². The Morgan fingerprint density at radius 2 is 1.61 bits per heavy atom. The molecule has 0 saturated carbocycles. The predicted molar refractivity (Wildman–Crippen MR) is 128 cm³/mol. The van der Waals surface area contributed by atoms with Gasteiger partial charge in [-0.3, -0.25) is 9.59 Å². The van der Waals surface area contributed by atoms with E-state index in [1.165, 1.54) is 6.07 Å². The van der Waals surface area contributed by atoms with Gasteiger partial charge >= 0.3 is 0 Å². The van der Waals surface area contributed by atoms with Crippen LogP contribution in [0.1, 0.15) is 11.1 Å². The van der Waals surface area contributed by atoms with Gasteiger partial charge in [0.25, 0.3) is 5.56 Å². The van der Waals surface area contributed by atoms with Gasteiger partial charge in [0.15, 0.2) is 0 Å². The fourth-order valence-electron chi connectivity index (χ4n) is 3.17. The van der Waals surface area contributed by atoms with Gasteiger partial charge in [0.05, 0.1) is 5.69 Å². The smallest absolute Gasteiger partial charge is 0.267 e. The highest BCUT2D eigenvalue weighted by molar-refractivity contribution is 6.30. The van der Waals surface area contributed by atoms with Crippen LogP contribution in [0.5, 0.6) is 5.75 Å². The van der Waals surface area contributed by atoms with Crippen molar-refractivity contribution < 1.29 is 9.53 Å². The van der Waals surface area contributed by atoms with Crippen LogP contribution in [0.3, 0.4) is 0 Å². The number of hydrogen-bond acceptors (Lipinski definition) is 4. The average molecular weight is 460 g/mol. The van der Waals surface area contributed by atoms with Crippen LogP contribution in [0.25, 0.3) is 11.3 Å². The van der Waals surface area contributed by atoms with Gasteiger partial charge in [0.2, 0.25) is 5.91 Å². The minimum absolute atomic E-state index is 0.168. The first-order valence-corrected chi connectivity index (χ1v) is 10.8. The maximum atomic E-state index is 12.4. The lowest BCUT2D eigenvalue weighted by atomic mass is 10.1. The van der Waals surface area contributed by atoms with Gasteiger partial charge in [-0.1, -0.05) is 66.2 Å². The number of ether oxygens (including phenoxy) is 1. The Morgan fingerprint density at radius 3 is 2.33 bits per heavy atom. The SMILES string of the molecule is O=C(Cn1nc(-c2ccc(Cl)cc2)ccc1=O)NCc1ccc(OCc2ccccc2)cc1. The van der Waals surface area contributed by atoms with Gasteiger partial charge in [0, 0.05) is 23.2 Å². The molecule has 0 aliphatic rings. The molecule has 0 fully saturated rings. The maximum absolute atomic E-state index is 12.4. The van der Waals surface area contributed by atoms with Crippen molar-refractivity contribution in [3.63, 3.8) is 0 Å². The van der Waals surface area contributed by atoms with E-state index in [2.05, 4.69) is 10.4 Å². The lowest BCUT2D eigenvalue weighted by Gasteiger charge is -2.10. The van der Waals surface area contributed by atoms with Gasteiger partial charge in [-0.2, -0.15) is 5.10 Å². The molecule has 0 aliphatic heterocycles. The van der Waals surface area contributed by atoms with Gasteiger partial charge in [0.1, 0.15) is 18.9 Å². The third-order valence-corrected chi connectivity index (χ3v) is 5.21. The maximum Gasteiger partial charge on any atom is 0.267 e. The summed E-state index contributed by atoms with van der Waals surface area (Å²) in [6, 6.07) is 27.6. The summed E-state index contributed by atoms with van der Waals surface area (Å²) in [7, 11) is 0. The lowest BCUT2D eigenvalue weighted by molar-refractivity contribution is -0.122. The van der Waals surface area contributed by atoms with Crippen LogP contribution in [0.4, 0.5) is 0 Å². The van der Waals surface area contributed by atoms with Crippen LogP contribution in [0.15, 0.2) is 95.8 Å². The topological polar surface area (TPSA) is 73.2 Å². The molecular formula is C26H22ClN3O3. The molecular weight excluding hydrogens is 438 g/mol. The minimum atomic E-state index is -0.345. The average Bonchev–Trinajstić information content (AvgIpc) is 2.85. The molecule has 166 valence electrons. The molecule has 0 atom stereocenters. The first-order chi connectivity index (χ1) is 16.1. The molecule has 0 saturated heterocycles. The number of hydrogen-bond donors (Lipinski definition) is 1. The monoisotopic (exact) mass is 459 g/mol. The second kappa shape index (κ2) is 10.6. The van der Waals surface area contributed by atoms with E-state index in [-0.39, 0.29) is 18.0 Å². The molecule has 0 aliphatic carbocycles. The molecule has 0 radical (unpaired) electrons. The second-order valence-corrected chi connectivity index (χ2v) is 7.85. The van der Waals surface area contributed by atoms with Crippen LogP contribution in [0, 0.1) is 0 Å². The number of nitrogens with one attached hydrogen (secondary N) is 1. The van der Waals surface area contributed by atoms with E-state index in [1.54, 1.807) is 18.2 Å². The van der Waals surface area contributed by atoms with E-state index in [0.717, 1.165) is 27.1 Å². The van der Waals surface area contributed by atoms with Crippen molar-refractivity contribution in [1.29, 1.82) is 0 Å². The largest absolute Gasteiger partial charge is 0.489 e. The zero-order valence-electron chi connectivity index (χ0n) is 17.8. The van der Waals surface area contributed by atoms with Crippen LogP contribution in [0.2, 0.25) is 5.02 Å². The number of carbonyl (C=O) groups is 1. The van der Waals surface area contributed by atoms with Crippen molar-refractivity contribution in [1.82, 2.24) is 15.1 Å². The zero-order chi connectivity index (χ0) is 23.0. The third kappa shape index (κ3) is 6.30. The molecule has 7 heteroatoms. The van der Waals surface area contributed by atoms with Gasteiger partial charge in [-0.25, -0.2) is 4.68 Å². The normalized spacial score (nSPS) is 10.6. The summed E-state index contributed by atoms with van der Waals surface area (Å²) in [6.07, 6.45) is 0. The summed E-state index contributed by atoms with van der Waals surface area (Å²) in [6.45, 7) is 0.662. The predicted octanol–water partition coefficient (Wildman–Crippen LogP) is 4.46. The number of amides is 1. The summed E-state index contributed by atoms with van der Waals surface area (Å²) < 4.78 is 6.93. The summed E-state index contributed by atoms with van der Waals surface area (Å²) in [5.74, 6) is 0.450. The summed E-state index contributed by atoms with van der Waals surface area (Å²) in [5, 5.41) is 7.74.